The maximum atomic E-state index is 5.55. The Labute approximate surface area is 55.2 Å². The summed E-state index contributed by atoms with van der Waals surface area (Å²) in [6.07, 6.45) is 1.06. The van der Waals surface area contributed by atoms with Crippen LogP contribution in [0.25, 0.3) is 0 Å². The third kappa shape index (κ3) is 4.61. The highest BCUT2D eigenvalue weighted by Crippen LogP contribution is 2.03. The number of rotatable bonds is 3. The van der Waals surface area contributed by atoms with E-state index in [0.29, 0.717) is 0 Å². The number of halogens is 2. The van der Waals surface area contributed by atoms with Crippen LogP contribution in [0.5, 0.6) is 0 Å². The summed E-state index contributed by atoms with van der Waals surface area (Å²) in [6.45, 7) is 2.05. The molecule has 0 saturated heterocycles. The third-order valence-electron chi connectivity index (χ3n) is 0.612. The van der Waals surface area contributed by atoms with Crippen LogP contribution < -0.4 is 0 Å². The van der Waals surface area contributed by atoms with Crippen molar-refractivity contribution in [2.75, 3.05) is 0 Å². The predicted molar refractivity (Wildman–Crippen MR) is 35.0 cm³/mol. The van der Waals surface area contributed by atoms with Crippen molar-refractivity contribution < 1.29 is 3.98 Å². The first-order valence-corrected chi connectivity index (χ1v) is 5.57. The topological polar surface area (TPSA) is 9.23 Å². The molecule has 0 amide bonds. The summed E-state index contributed by atoms with van der Waals surface area (Å²) >= 11 is 10.5. The zero-order valence-corrected chi connectivity index (χ0v) is 6.82. The van der Waals surface area contributed by atoms with Gasteiger partial charge in [0.25, 0.3) is 8.35 Å². The molecule has 0 N–H and O–H groups in total. The first-order valence-electron chi connectivity index (χ1n) is 2.22. The van der Waals surface area contributed by atoms with Crippen molar-refractivity contribution >= 4 is 31.3 Å². The monoisotopic (exact) mass is 158 g/mol. The molecular weight excluding hydrogens is 151 g/mol. The summed E-state index contributed by atoms with van der Waals surface area (Å²) in [4.78, 5) is 0. The van der Waals surface area contributed by atoms with E-state index < -0.39 is 8.35 Å². The molecule has 4 heteroatoms. The fourth-order valence-electron chi connectivity index (χ4n) is 0.272. The van der Waals surface area contributed by atoms with Gasteiger partial charge in [0.2, 0.25) is 0 Å². The molecule has 0 radical (unpaired) electrons. The van der Waals surface area contributed by atoms with Crippen LogP contribution in [0.1, 0.15) is 13.3 Å². The molecule has 0 rings (SSSR count). The van der Waals surface area contributed by atoms with Crippen LogP contribution in [-0.4, -0.2) is 8.35 Å². The van der Waals surface area contributed by atoms with Crippen molar-refractivity contribution in [1.82, 2.24) is 0 Å². The third-order valence-corrected chi connectivity index (χ3v) is 3.68. The lowest BCUT2D eigenvalue weighted by atomic mass is 10.6. The van der Waals surface area contributed by atoms with E-state index in [0.717, 1.165) is 12.5 Å². The Hall–Kier alpha value is 0.757. The van der Waals surface area contributed by atoms with Crippen LogP contribution in [0.2, 0.25) is 6.04 Å². The molecule has 1 atom stereocenters. The summed E-state index contributed by atoms with van der Waals surface area (Å²) in [5, 5.41) is 0. The maximum Gasteiger partial charge on any atom is 0.298 e. The highest BCUT2D eigenvalue weighted by molar-refractivity contribution is 7.04. The van der Waals surface area contributed by atoms with E-state index >= 15 is 0 Å². The quantitative estimate of drug-likeness (QED) is 0.452. The molecule has 0 heterocycles. The lowest BCUT2D eigenvalue weighted by Crippen LogP contribution is -2.00. The van der Waals surface area contributed by atoms with E-state index in [1.54, 1.807) is 0 Å². The van der Waals surface area contributed by atoms with Gasteiger partial charge in [-0.3, -0.25) is 0 Å². The van der Waals surface area contributed by atoms with Gasteiger partial charge in [-0.15, -0.1) is 11.1 Å². The Balaban J connectivity index is 2.83. The van der Waals surface area contributed by atoms with Crippen molar-refractivity contribution in [2.24, 2.45) is 0 Å². The highest BCUT2D eigenvalue weighted by atomic mass is 35.6. The van der Waals surface area contributed by atoms with Gasteiger partial charge >= 0.3 is 0 Å². The number of hydrogen-bond acceptors (Lipinski definition) is 1. The van der Waals surface area contributed by atoms with Gasteiger partial charge in [0, 0.05) is 11.9 Å². The lowest BCUT2D eigenvalue weighted by molar-refractivity contribution is 0.651. The lowest BCUT2D eigenvalue weighted by Gasteiger charge is -1.95. The summed E-state index contributed by atoms with van der Waals surface area (Å²) < 4.78 is 4.37. The first-order chi connectivity index (χ1) is 3.31. The van der Waals surface area contributed by atoms with Crippen LogP contribution >= 0.6 is 22.9 Å². The Morgan fingerprint density at radius 2 is 2.29 bits per heavy atom. The molecule has 0 aromatic rings. The second-order valence-electron chi connectivity index (χ2n) is 1.29. The molecule has 1 unspecified atom stereocenters. The molecular formula is C3H8Cl2OSi. The zero-order valence-electron chi connectivity index (χ0n) is 4.16. The second-order valence-corrected chi connectivity index (χ2v) is 4.86. The maximum absolute atomic E-state index is 5.55. The zero-order chi connectivity index (χ0) is 5.70. The molecule has 0 aliphatic heterocycles. The highest BCUT2D eigenvalue weighted by Gasteiger charge is 2.02. The van der Waals surface area contributed by atoms with Gasteiger partial charge in [0.15, 0.2) is 0 Å². The minimum absolute atomic E-state index is 0.949. The normalized spacial score (nSPS) is 14.1. The van der Waals surface area contributed by atoms with Gasteiger partial charge in [-0.25, -0.2) is 0 Å². The molecule has 0 fully saturated rings. The van der Waals surface area contributed by atoms with E-state index in [1.165, 1.54) is 0 Å². The Morgan fingerprint density at radius 3 is 2.43 bits per heavy atom. The fourth-order valence-corrected chi connectivity index (χ4v) is 1.74. The molecule has 0 saturated carbocycles. The SMILES string of the molecule is CCC[SiH](Cl)OCl. The largest absolute Gasteiger partial charge is 0.309 e. The average molecular weight is 159 g/mol. The molecule has 0 aliphatic rings. The van der Waals surface area contributed by atoms with E-state index in [-0.39, 0.29) is 0 Å². The average Bonchev–Trinajstić information content (AvgIpc) is 1.68. The fraction of sp³-hybridized carbons (Fsp3) is 1.00. The van der Waals surface area contributed by atoms with E-state index in [2.05, 4.69) is 10.9 Å². The Kier molecular flexibility index (Phi) is 5.44. The molecule has 0 aromatic heterocycles. The standard InChI is InChI=1S/C3H8Cl2OSi/c1-2-3-7(5)6-4/h7H,2-3H2,1H3. The van der Waals surface area contributed by atoms with Gasteiger partial charge in [-0.05, 0) is 6.04 Å². The molecule has 0 spiro atoms. The van der Waals surface area contributed by atoms with Crippen molar-refractivity contribution in [3.8, 4) is 0 Å². The second kappa shape index (κ2) is 4.90. The molecule has 0 bridgehead atoms. The van der Waals surface area contributed by atoms with Gasteiger partial charge < -0.3 is 3.98 Å². The summed E-state index contributed by atoms with van der Waals surface area (Å²) in [5.74, 6) is 0. The van der Waals surface area contributed by atoms with Crippen molar-refractivity contribution in [3.05, 3.63) is 0 Å². The van der Waals surface area contributed by atoms with Gasteiger partial charge in [0.05, 0.1) is 0 Å². The van der Waals surface area contributed by atoms with Gasteiger partial charge in [-0.2, -0.15) is 0 Å². The van der Waals surface area contributed by atoms with Crippen LogP contribution in [0.3, 0.4) is 0 Å². The van der Waals surface area contributed by atoms with E-state index in [9.17, 15) is 0 Å². The molecule has 7 heavy (non-hydrogen) atoms. The summed E-state index contributed by atoms with van der Waals surface area (Å²) in [6, 6.07) is 0.949. The summed E-state index contributed by atoms with van der Waals surface area (Å²) in [7, 11) is -1.44. The van der Waals surface area contributed by atoms with Crippen LogP contribution in [0.15, 0.2) is 0 Å². The van der Waals surface area contributed by atoms with Gasteiger partial charge in [-0.1, -0.05) is 13.3 Å². The molecule has 0 aromatic carbocycles. The van der Waals surface area contributed by atoms with Crippen molar-refractivity contribution in [3.63, 3.8) is 0 Å². The summed E-state index contributed by atoms with van der Waals surface area (Å²) in [5.41, 5.74) is 0. The number of hydrogen-bond donors (Lipinski definition) is 0. The Morgan fingerprint density at radius 1 is 1.71 bits per heavy atom. The predicted octanol–water partition coefficient (Wildman–Crippen LogP) is 2.03. The Bertz CT molecular complexity index is 43.9. The van der Waals surface area contributed by atoms with Crippen LogP contribution in [0.4, 0.5) is 0 Å². The van der Waals surface area contributed by atoms with E-state index in [4.69, 9.17) is 22.9 Å². The first kappa shape index (κ1) is 7.76. The van der Waals surface area contributed by atoms with Crippen molar-refractivity contribution in [2.45, 2.75) is 19.4 Å². The van der Waals surface area contributed by atoms with E-state index in [1.807, 2.05) is 0 Å². The molecule has 0 aliphatic carbocycles. The van der Waals surface area contributed by atoms with Crippen LogP contribution in [0, 0.1) is 0 Å². The minimum Gasteiger partial charge on any atom is -0.309 e. The molecule has 1 nitrogen and oxygen atoms in total. The van der Waals surface area contributed by atoms with Gasteiger partial charge in [0.1, 0.15) is 0 Å². The van der Waals surface area contributed by atoms with Crippen molar-refractivity contribution in [1.29, 1.82) is 0 Å². The smallest absolute Gasteiger partial charge is 0.298 e. The minimum atomic E-state index is -1.44. The molecule has 44 valence electrons. The van der Waals surface area contributed by atoms with Crippen LogP contribution in [-0.2, 0) is 3.98 Å².